The molecule has 2 aromatic rings. The molecule has 0 unspecified atom stereocenters. The number of Topliss-reactive ketones (excluding diaryl/α,β-unsaturated/α-hetero) is 2. The third-order valence-electron chi connectivity index (χ3n) is 4.25. The lowest BCUT2D eigenvalue weighted by Crippen LogP contribution is -2.19. The van der Waals surface area contributed by atoms with Gasteiger partial charge in [-0.05, 0) is 31.2 Å². The smallest absolute Gasteiger partial charge is 0.200 e. The molecule has 4 rings (SSSR count). The van der Waals surface area contributed by atoms with E-state index in [1.54, 1.807) is 36.4 Å². The number of carbonyl (C=O) groups is 2. The molecule has 0 amide bonds. The van der Waals surface area contributed by atoms with Crippen molar-refractivity contribution < 1.29 is 14.3 Å². The number of fused-ring (bicyclic) bond motifs is 2. The number of hydrogen-bond acceptors (Lipinski definition) is 4. The largest absolute Gasteiger partial charge is 0.439 e. The number of anilines is 1. The van der Waals surface area contributed by atoms with Crippen LogP contribution in [0.1, 0.15) is 27.6 Å². The van der Waals surface area contributed by atoms with Gasteiger partial charge in [0.25, 0.3) is 0 Å². The van der Waals surface area contributed by atoms with Crippen LogP contribution in [0.4, 0.5) is 5.69 Å². The topological polar surface area (TPSA) is 46.6 Å². The molecular formula is C20H15NO3. The zero-order chi connectivity index (χ0) is 16.7. The van der Waals surface area contributed by atoms with Crippen LogP contribution in [0.15, 0.2) is 72.1 Å². The van der Waals surface area contributed by atoms with Gasteiger partial charge in [0.15, 0.2) is 17.3 Å². The molecule has 4 heteroatoms. The summed E-state index contributed by atoms with van der Waals surface area (Å²) >= 11 is 0. The Hall–Kier alpha value is -3.14. The van der Waals surface area contributed by atoms with Gasteiger partial charge >= 0.3 is 0 Å². The highest BCUT2D eigenvalue weighted by Crippen LogP contribution is 2.38. The Morgan fingerprint density at radius 2 is 1.54 bits per heavy atom. The molecule has 0 aromatic heterocycles. The molecule has 1 aliphatic heterocycles. The minimum atomic E-state index is -0.231. The molecule has 0 saturated carbocycles. The predicted octanol–water partition coefficient (Wildman–Crippen LogP) is 3.75. The maximum atomic E-state index is 12.4. The van der Waals surface area contributed by atoms with Crippen molar-refractivity contribution in [2.45, 2.75) is 6.92 Å². The number of benzene rings is 2. The van der Waals surface area contributed by atoms with E-state index in [0.717, 1.165) is 18.0 Å². The maximum absolute atomic E-state index is 12.4. The second-order valence-electron chi connectivity index (χ2n) is 5.60. The standard InChI is InChI=1S/C20H15NO3/c1-2-21-16-9-5-6-10-17(16)24-18(21)12-11-15-19(22)13-7-3-4-8-14(13)20(15)23/h3-12H,2H2,1H3. The van der Waals surface area contributed by atoms with Crippen LogP contribution in [0.5, 0.6) is 5.75 Å². The fraction of sp³-hybridized carbons (Fsp3) is 0.100. The Kier molecular flexibility index (Phi) is 3.31. The minimum Gasteiger partial charge on any atom is -0.439 e. The molecule has 2 aliphatic rings. The quantitative estimate of drug-likeness (QED) is 0.625. The molecule has 0 N–H and O–H groups in total. The number of hydrogen-bond donors (Lipinski definition) is 0. The van der Waals surface area contributed by atoms with Gasteiger partial charge in [-0.15, -0.1) is 0 Å². The van der Waals surface area contributed by atoms with E-state index in [1.807, 2.05) is 36.1 Å². The second kappa shape index (κ2) is 5.49. The van der Waals surface area contributed by atoms with E-state index >= 15 is 0 Å². The summed E-state index contributed by atoms with van der Waals surface area (Å²) in [4.78, 5) is 26.8. The van der Waals surface area contributed by atoms with Crippen molar-refractivity contribution in [1.82, 2.24) is 0 Å². The van der Waals surface area contributed by atoms with Crippen molar-refractivity contribution >= 4 is 17.3 Å². The van der Waals surface area contributed by atoms with Crippen LogP contribution in [0, 0.1) is 0 Å². The first-order valence-corrected chi connectivity index (χ1v) is 7.85. The first kappa shape index (κ1) is 14.5. The molecule has 0 spiro atoms. The Morgan fingerprint density at radius 1 is 0.917 bits per heavy atom. The number of para-hydroxylation sites is 2. The summed E-state index contributed by atoms with van der Waals surface area (Å²) in [5.74, 6) is 0.927. The Bertz CT molecular complexity index is 887. The van der Waals surface area contributed by atoms with Gasteiger partial charge in [-0.1, -0.05) is 36.4 Å². The normalized spacial score (nSPS) is 17.1. The molecule has 0 saturated heterocycles. The first-order valence-electron chi connectivity index (χ1n) is 7.85. The van der Waals surface area contributed by atoms with Crippen LogP contribution in [0.25, 0.3) is 0 Å². The minimum absolute atomic E-state index is 0.180. The average Bonchev–Trinajstić information content (AvgIpc) is 3.09. The molecule has 24 heavy (non-hydrogen) atoms. The van der Waals surface area contributed by atoms with Gasteiger partial charge in [0.2, 0.25) is 5.88 Å². The lowest BCUT2D eigenvalue weighted by atomic mass is 10.1. The lowest BCUT2D eigenvalue weighted by molar-refractivity contribution is 0.0989. The van der Waals surface area contributed by atoms with Gasteiger partial charge in [0, 0.05) is 17.7 Å². The molecule has 0 radical (unpaired) electrons. The van der Waals surface area contributed by atoms with Crippen LogP contribution in [-0.2, 0) is 0 Å². The van der Waals surface area contributed by atoms with Crippen LogP contribution in [-0.4, -0.2) is 18.1 Å². The van der Waals surface area contributed by atoms with E-state index in [4.69, 9.17) is 4.74 Å². The fourth-order valence-electron chi connectivity index (χ4n) is 3.08. The Balaban J connectivity index is 1.70. The monoisotopic (exact) mass is 317 g/mol. The number of carbonyl (C=O) groups excluding carboxylic acids is 2. The molecule has 0 bridgehead atoms. The maximum Gasteiger partial charge on any atom is 0.200 e. The van der Waals surface area contributed by atoms with Crippen molar-refractivity contribution in [3.05, 3.63) is 83.3 Å². The highest BCUT2D eigenvalue weighted by atomic mass is 16.5. The van der Waals surface area contributed by atoms with Crippen molar-refractivity contribution in [2.75, 3.05) is 11.4 Å². The molecule has 1 heterocycles. The summed E-state index contributed by atoms with van der Waals surface area (Å²) in [7, 11) is 0. The van der Waals surface area contributed by atoms with Crippen molar-refractivity contribution in [2.24, 2.45) is 0 Å². The van der Waals surface area contributed by atoms with E-state index < -0.39 is 0 Å². The molecule has 1 aliphatic carbocycles. The summed E-state index contributed by atoms with van der Waals surface area (Å²) in [5, 5.41) is 0. The van der Waals surface area contributed by atoms with Gasteiger partial charge in [0.05, 0.1) is 11.3 Å². The van der Waals surface area contributed by atoms with Gasteiger partial charge in [-0.3, -0.25) is 9.59 Å². The summed E-state index contributed by atoms with van der Waals surface area (Å²) in [6.07, 6.45) is 3.26. The molecule has 4 nitrogen and oxygen atoms in total. The van der Waals surface area contributed by atoms with Gasteiger partial charge in [-0.2, -0.15) is 0 Å². The number of ketones is 2. The lowest BCUT2D eigenvalue weighted by Gasteiger charge is -2.14. The fourth-order valence-corrected chi connectivity index (χ4v) is 3.08. The average molecular weight is 317 g/mol. The molecule has 0 fully saturated rings. The molecule has 2 aromatic carbocycles. The number of ether oxygens (including phenoxy) is 1. The SMILES string of the molecule is CCN1C(=CC=C2C(=O)c3ccccc3C2=O)Oc2ccccc21. The van der Waals surface area contributed by atoms with E-state index in [-0.39, 0.29) is 17.1 Å². The van der Waals surface area contributed by atoms with Crippen LogP contribution < -0.4 is 9.64 Å². The number of rotatable bonds is 2. The summed E-state index contributed by atoms with van der Waals surface area (Å²) in [6.45, 7) is 2.75. The van der Waals surface area contributed by atoms with Crippen LogP contribution in [0.2, 0.25) is 0 Å². The van der Waals surface area contributed by atoms with Crippen molar-refractivity contribution in [3.8, 4) is 5.75 Å². The third kappa shape index (κ3) is 2.07. The number of allylic oxidation sites excluding steroid dienone is 3. The Morgan fingerprint density at radius 3 is 2.21 bits per heavy atom. The van der Waals surface area contributed by atoms with Gasteiger partial charge in [0.1, 0.15) is 0 Å². The van der Waals surface area contributed by atoms with Gasteiger partial charge in [-0.25, -0.2) is 0 Å². The van der Waals surface area contributed by atoms with E-state index in [2.05, 4.69) is 0 Å². The van der Waals surface area contributed by atoms with E-state index in [0.29, 0.717) is 17.0 Å². The predicted molar refractivity (Wildman–Crippen MR) is 91.4 cm³/mol. The number of nitrogens with zero attached hydrogens (tertiary/aromatic N) is 1. The van der Waals surface area contributed by atoms with Crippen molar-refractivity contribution in [3.63, 3.8) is 0 Å². The molecular weight excluding hydrogens is 302 g/mol. The highest BCUT2D eigenvalue weighted by Gasteiger charge is 2.32. The zero-order valence-electron chi connectivity index (χ0n) is 13.2. The van der Waals surface area contributed by atoms with E-state index in [1.165, 1.54) is 0 Å². The summed E-state index contributed by atoms with van der Waals surface area (Å²) in [5.41, 5.74) is 2.10. The van der Waals surface area contributed by atoms with E-state index in [9.17, 15) is 9.59 Å². The first-order chi connectivity index (χ1) is 11.7. The van der Waals surface area contributed by atoms with Gasteiger partial charge < -0.3 is 9.64 Å². The summed E-state index contributed by atoms with van der Waals surface area (Å²) in [6, 6.07) is 14.6. The van der Waals surface area contributed by atoms with Crippen molar-refractivity contribution in [1.29, 1.82) is 0 Å². The Labute approximate surface area is 139 Å². The van der Waals surface area contributed by atoms with Crippen LogP contribution >= 0.6 is 0 Å². The summed E-state index contributed by atoms with van der Waals surface area (Å²) < 4.78 is 5.84. The second-order valence-corrected chi connectivity index (χ2v) is 5.60. The molecule has 0 atom stereocenters. The third-order valence-corrected chi connectivity index (χ3v) is 4.25. The highest BCUT2D eigenvalue weighted by molar-refractivity contribution is 6.39. The zero-order valence-corrected chi connectivity index (χ0v) is 13.2. The molecule has 118 valence electrons. The van der Waals surface area contributed by atoms with Crippen LogP contribution in [0.3, 0.4) is 0 Å².